The Morgan fingerprint density at radius 3 is 2.34 bits per heavy atom. The number of amides is 1. The number of rotatable bonds is 6. The van der Waals surface area contributed by atoms with Crippen LogP contribution in [0.2, 0.25) is 5.02 Å². The number of nitrogens with zero attached hydrogens (tertiary/aromatic N) is 3. The quantitative estimate of drug-likeness (QED) is 0.584. The molecule has 0 saturated heterocycles. The fourth-order valence-corrected chi connectivity index (χ4v) is 2.75. The van der Waals surface area contributed by atoms with Gasteiger partial charge in [0, 0.05) is 17.6 Å². The SMILES string of the molecule is CN(Cc1nnc(-c2ccc(C(C)(C)C)cc2)o1)C(=O)COc1ccc(Cl)cc1. The zero-order valence-corrected chi connectivity index (χ0v) is 17.7. The molecule has 0 N–H and O–H groups in total. The molecule has 3 aromatic rings. The van der Waals surface area contributed by atoms with Crippen LogP contribution in [0.4, 0.5) is 0 Å². The van der Waals surface area contributed by atoms with Crippen molar-refractivity contribution < 1.29 is 13.9 Å². The summed E-state index contributed by atoms with van der Waals surface area (Å²) in [5.41, 5.74) is 2.15. The van der Waals surface area contributed by atoms with Gasteiger partial charge in [0.2, 0.25) is 11.8 Å². The van der Waals surface area contributed by atoms with Gasteiger partial charge in [-0.1, -0.05) is 44.5 Å². The Hall–Kier alpha value is -2.86. The Kier molecular flexibility index (Phi) is 6.23. The first-order chi connectivity index (χ1) is 13.7. The number of benzene rings is 2. The predicted octanol–water partition coefficient (Wildman–Crippen LogP) is 4.72. The molecule has 152 valence electrons. The number of hydrogen-bond donors (Lipinski definition) is 0. The van der Waals surface area contributed by atoms with Crippen molar-refractivity contribution in [1.29, 1.82) is 0 Å². The van der Waals surface area contributed by atoms with E-state index in [1.54, 1.807) is 31.3 Å². The first-order valence-corrected chi connectivity index (χ1v) is 9.66. The van der Waals surface area contributed by atoms with E-state index in [0.717, 1.165) is 5.56 Å². The number of hydrogen-bond acceptors (Lipinski definition) is 5. The summed E-state index contributed by atoms with van der Waals surface area (Å²) < 4.78 is 11.2. The van der Waals surface area contributed by atoms with E-state index in [1.807, 2.05) is 12.1 Å². The van der Waals surface area contributed by atoms with E-state index in [1.165, 1.54) is 10.5 Å². The second-order valence-corrected chi connectivity index (χ2v) is 8.26. The summed E-state index contributed by atoms with van der Waals surface area (Å²) in [6, 6.07) is 14.9. The third-order valence-electron chi connectivity index (χ3n) is 4.44. The summed E-state index contributed by atoms with van der Waals surface area (Å²) in [6.45, 7) is 6.60. The summed E-state index contributed by atoms with van der Waals surface area (Å²) in [7, 11) is 1.66. The molecule has 1 aromatic heterocycles. The molecule has 0 bridgehead atoms. The predicted molar refractivity (Wildman–Crippen MR) is 112 cm³/mol. The van der Waals surface area contributed by atoms with Crippen molar-refractivity contribution in [2.24, 2.45) is 0 Å². The van der Waals surface area contributed by atoms with Gasteiger partial charge in [0.25, 0.3) is 5.91 Å². The lowest BCUT2D eigenvalue weighted by Gasteiger charge is -2.18. The van der Waals surface area contributed by atoms with Crippen LogP contribution in [0.1, 0.15) is 32.2 Å². The smallest absolute Gasteiger partial charge is 0.260 e. The van der Waals surface area contributed by atoms with Gasteiger partial charge in [-0.15, -0.1) is 10.2 Å². The van der Waals surface area contributed by atoms with Crippen molar-refractivity contribution in [2.45, 2.75) is 32.7 Å². The number of carbonyl (C=O) groups is 1. The van der Waals surface area contributed by atoms with E-state index in [2.05, 4.69) is 43.1 Å². The van der Waals surface area contributed by atoms with Gasteiger partial charge >= 0.3 is 0 Å². The van der Waals surface area contributed by atoms with E-state index >= 15 is 0 Å². The maximum Gasteiger partial charge on any atom is 0.260 e. The van der Waals surface area contributed by atoms with Crippen LogP contribution < -0.4 is 4.74 Å². The van der Waals surface area contributed by atoms with Gasteiger partial charge in [-0.05, 0) is 47.4 Å². The first kappa shape index (κ1) is 20.9. The number of halogens is 1. The largest absolute Gasteiger partial charge is 0.484 e. The van der Waals surface area contributed by atoms with Crippen LogP contribution >= 0.6 is 11.6 Å². The molecule has 0 unspecified atom stereocenters. The van der Waals surface area contributed by atoms with Gasteiger partial charge in [-0.2, -0.15) is 0 Å². The van der Waals surface area contributed by atoms with E-state index in [9.17, 15) is 4.79 Å². The first-order valence-electron chi connectivity index (χ1n) is 9.28. The highest BCUT2D eigenvalue weighted by molar-refractivity contribution is 6.30. The minimum atomic E-state index is -0.200. The third kappa shape index (κ3) is 5.57. The van der Waals surface area contributed by atoms with E-state index < -0.39 is 0 Å². The van der Waals surface area contributed by atoms with Gasteiger partial charge in [-0.3, -0.25) is 4.79 Å². The minimum absolute atomic E-state index is 0.0791. The van der Waals surface area contributed by atoms with Crippen LogP contribution in [0.3, 0.4) is 0 Å². The van der Waals surface area contributed by atoms with Gasteiger partial charge in [-0.25, -0.2) is 0 Å². The van der Waals surface area contributed by atoms with Crippen LogP contribution in [-0.4, -0.2) is 34.7 Å². The van der Waals surface area contributed by atoms with Crippen molar-refractivity contribution in [3.8, 4) is 17.2 Å². The Bertz CT molecular complexity index is 960. The summed E-state index contributed by atoms with van der Waals surface area (Å²) in [5, 5.41) is 8.75. The number of likely N-dealkylation sites (N-methyl/N-ethyl adjacent to an activating group) is 1. The maximum atomic E-state index is 12.3. The fourth-order valence-electron chi connectivity index (χ4n) is 2.62. The highest BCUT2D eigenvalue weighted by Gasteiger charge is 2.17. The summed E-state index contributed by atoms with van der Waals surface area (Å²) in [6.07, 6.45) is 0. The van der Waals surface area contributed by atoms with Crippen molar-refractivity contribution in [1.82, 2.24) is 15.1 Å². The molecular weight excluding hydrogens is 390 g/mol. The Morgan fingerprint density at radius 1 is 1.07 bits per heavy atom. The molecule has 0 atom stereocenters. The zero-order valence-electron chi connectivity index (χ0n) is 17.0. The Balaban J connectivity index is 1.57. The topological polar surface area (TPSA) is 68.5 Å². The van der Waals surface area contributed by atoms with Gasteiger partial charge in [0.1, 0.15) is 5.75 Å². The van der Waals surface area contributed by atoms with Gasteiger partial charge in [0.05, 0.1) is 6.54 Å². The Labute approximate surface area is 175 Å². The molecule has 0 spiro atoms. The maximum absolute atomic E-state index is 12.3. The third-order valence-corrected chi connectivity index (χ3v) is 4.69. The summed E-state index contributed by atoms with van der Waals surface area (Å²) in [4.78, 5) is 13.8. The molecule has 7 heteroatoms. The van der Waals surface area contributed by atoms with Gasteiger partial charge < -0.3 is 14.1 Å². The molecule has 0 aliphatic carbocycles. The molecule has 29 heavy (non-hydrogen) atoms. The second kappa shape index (κ2) is 8.66. The zero-order chi connectivity index (χ0) is 21.0. The monoisotopic (exact) mass is 413 g/mol. The van der Waals surface area contributed by atoms with Crippen LogP contribution in [0.25, 0.3) is 11.5 Å². The molecule has 1 heterocycles. The molecule has 0 radical (unpaired) electrons. The molecular formula is C22H24ClN3O3. The molecule has 0 aliphatic rings. The highest BCUT2D eigenvalue weighted by atomic mass is 35.5. The van der Waals surface area contributed by atoms with Crippen molar-refractivity contribution in [2.75, 3.05) is 13.7 Å². The molecule has 2 aromatic carbocycles. The van der Waals surface area contributed by atoms with E-state index in [4.69, 9.17) is 20.8 Å². The van der Waals surface area contributed by atoms with Crippen LogP contribution in [0.15, 0.2) is 52.9 Å². The Morgan fingerprint density at radius 2 is 1.72 bits per heavy atom. The summed E-state index contributed by atoms with van der Waals surface area (Å²) in [5.74, 6) is 1.17. The number of carbonyl (C=O) groups excluding carboxylic acids is 1. The average molecular weight is 414 g/mol. The van der Waals surface area contributed by atoms with Crippen molar-refractivity contribution in [3.63, 3.8) is 0 Å². The van der Waals surface area contributed by atoms with Crippen LogP contribution in [0.5, 0.6) is 5.75 Å². The summed E-state index contributed by atoms with van der Waals surface area (Å²) >= 11 is 5.83. The minimum Gasteiger partial charge on any atom is -0.484 e. The van der Waals surface area contributed by atoms with Crippen molar-refractivity contribution >= 4 is 17.5 Å². The van der Waals surface area contributed by atoms with Crippen molar-refractivity contribution in [3.05, 3.63) is 65.0 Å². The second-order valence-electron chi connectivity index (χ2n) is 7.82. The number of aromatic nitrogens is 2. The lowest BCUT2D eigenvalue weighted by molar-refractivity contribution is -0.132. The molecule has 6 nitrogen and oxygen atoms in total. The lowest BCUT2D eigenvalue weighted by atomic mass is 9.87. The molecule has 3 rings (SSSR count). The molecule has 0 aliphatic heterocycles. The van der Waals surface area contributed by atoms with Crippen LogP contribution in [0, 0.1) is 0 Å². The normalized spacial score (nSPS) is 11.3. The molecule has 1 amide bonds. The average Bonchev–Trinajstić information content (AvgIpc) is 3.15. The van der Waals surface area contributed by atoms with E-state index in [0.29, 0.717) is 22.6 Å². The lowest BCUT2D eigenvalue weighted by Crippen LogP contribution is -2.31. The molecule has 0 saturated carbocycles. The highest BCUT2D eigenvalue weighted by Crippen LogP contribution is 2.25. The molecule has 0 fully saturated rings. The standard InChI is InChI=1S/C22H24ClN3O3/c1-22(2,3)16-7-5-15(6-8-16)21-25-24-19(29-21)13-26(4)20(27)14-28-18-11-9-17(23)10-12-18/h5-12H,13-14H2,1-4H3. The van der Waals surface area contributed by atoms with Gasteiger partial charge in [0.15, 0.2) is 6.61 Å². The number of ether oxygens (including phenoxy) is 1. The van der Waals surface area contributed by atoms with E-state index in [-0.39, 0.29) is 24.5 Å². The fraction of sp³-hybridized carbons (Fsp3) is 0.318. The van der Waals surface area contributed by atoms with Crippen LogP contribution in [-0.2, 0) is 16.8 Å².